The van der Waals surface area contributed by atoms with Crippen molar-refractivity contribution in [2.75, 3.05) is 11.6 Å². The number of anilines is 1. The molecule has 88 valence electrons. The van der Waals surface area contributed by atoms with Crippen LogP contribution in [0, 0.1) is 6.92 Å². The zero-order valence-electron chi connectivity index (χ0n) is 9.56. The van der Waals surface area contributed by atoms with E-state index in [4.69, 9.17) is 4.42 Å². The van der Waals surface area contributed by atoms with Gasteiger partial charge in [-0.25, -0.2) is 4.98 Å². The molecular weight excluding hydrogens is 236 g/mol. The second-order valence-corrected chi connectivity index (χ2v) is 4.25. The molecule has 0 saturated heterocycles. The van der Waals surface area contributed by atoms with Gasteiger partial charge in [0, 0.05) is 11.8 Å². The number of nitrogens with zero attached hydrogens (tertiary/aromatic N) is 1. The van der Waals surface area contributed by atoms with Crippen LogP contribution in [0.4, 0.5) is 5.69 Å². The number of rotatable bonds is 3. The minimum absolute atomic E-state index is 0.261. The number of aryl methyl sites for hydroxylation is 1. The van der Waals surface area contributed by atoms with Crippen molar-refractivity contribution >= 4 is 23.4 Å². The maximum Gasteiger partial charge on any atom is 0.277 e. The van der Waals surface area contributed by atoms with E-state index in [-0.39, 0.29) is 5.91 Å². The van der Waals surface area contributed by atoms with Crippen LogP contribution in [0.15, 0.2) is 39.8 Å². The molecule has 1 N–H and O–H groups in total. The first-order valence-corrected chi connectivity index (χ1v) is 6.29. The van der Waals surface area contributed by atoms with Gasteiger partial charge < -0.3 is 9.73 Å². The van der Waals surface area contributed by atoms with Gasteiger partial charge in [-0.15, -0.1) is 11.8 Å². The molecule has 0 unspecified atom stereocenters. The van der Waals surface area contributed by atoms with Crippen molar-refractivity contribution < 1.29 is 9.21 Å². The molecule has 4 nitrogen and oxygen atoms in total. The Labute approximate surface area is 103 Å². The Morgan fingerprint density at radius 3 is 2.82 bits per heavy atom. The summed E-state index contributed by atoms with van der Waals surface area (Å²) < 4.78 is 5.00. The van der Waals surface area contributed by atoms with E-state index in [1.54, 1.807) is 18.7 Å². The monoisotopic (exact) mass is 248 g/mol. The van der Waals surface area contributed by atoms with E-state index in [0.29, 0.717) is 11.6 Å². The highest BCUT2D eigenvalue weighted by atomic mass is 32.2. The molecule has 5 heteroatoms. The Kier molecular flexibility index (Phi) is 3.49. The van der Waals surface area contributed by atoms with Crippen molar-refractivity contribution in [1.82, 2.24) is 4.98 Å². The summed E-state index contributed by atoms with van der Waals surface area (Å²) >= 11 is 1.58. The number of hydrogen-bond donors (Lipinski definition) is 1. The number of thioether (sulfide) groups is 1. The summed E-state index contributed by atoms with van der Waals surface area (Å²) in [5.41, 5.74) is 1.07. The van der Waals surface area contributed by atoms with Crippen LogP contribution in [0.2, 0.25) is 0 Å². The second-order valence-electron chi connectivity index (χ2n) is 3.41. The molecule has 17 heavy (non-hydrogen) atoms. The molecule has 0 aliphatic carbocycles. The fraction of sp³-hybridized carbons (Fsp3) is 0.167. The number of aromatic nitrogens is 1. The van der Waals surface area contributed by atoms with E-state index >= 15 is 0 Å². The van der Waals surface area contributed by atoms with Gasteiger partial charge in [-0.2, -0.15) is 0 Å². The van der Waals surface area contributed by atoms with Crippen LogP contribution in [-0.4, -0.2) is 17.1 Å². The lowest BCUT2D eigenvalue weighted by Gasteiger charge is -2.07. The average molecular weight is 248 g/mol. The molecule has 0 saturated carbocycles. The molecule has 0 bridgehead atoms. The maximum atomic E-state index is 11.9. The lowest BCUT2D eigenvalue weighted by molar-refractivity contribution is 0.102. The molecule has 0 atom stereocenters. The highest BCUT2D eigenvalue weighted by Crippen LogP contribution is 2.24. The summed E-state index contributed by atoms with van der Waals surface area (Å²) in [4.78, 5) is 16.8. The molecule has 0 fully saturated rings. The van der Waals surface area contributed by atoms with Gasteiger partial charge >= 0.3 is 0 Å². The van der Waals surface area contributed by atoms with Crippen molar-refractivity contribution in [3.8, 4) is 0 Å². The zero-order valence-corrected chi connectivity index (χ0v) is 10.4. The average Bonchev–Trinajstić information content (AvgIpc) is 2.77. The Morgan fingerprint density at radius 1 is 1.41 bits per heavy atom. The standard InChI is InChI=1S/C12H12N2O2S/c1-8-13-10(7-16-8)12(15)14-9-5-3-4-6-11(9)17-2/h3-7H,1-2H3,(H,14,15). The highest BCUT2D eigenvalue weighted by Gasteiger charge is 2.12. The molecule has 0 aliphatic heterocycles. The van der Waals surface area contributed by atoms with Gasteiger partial charge in [0.15, 0.2) is 11.6 Å². The maximum absolute atomic E-state index is 11.9. The molecule has 1 amide bonds. The van der Waals surface area contributed by atoms with Crippen LogP contribution in [0.25, 0.3) is 0 Å². The first-order chi connectivity index (χ1) is 8.20. The van der Waals surface area contributed by atoms with Crippen LogP contribution >= 0.6 is 11.8 Å². The molecule has 2 aromatic rings. The Balaban J connectivity index is 2.18. The third-order valence-electron chi connectivity index (χ3n) is 2.21. The molecule has 0 radical (unpaired) electrons. The first kappa shape index (κ1) is 11.7. The summed E-state index contributed by atoms with van der Waals surface area (Å²) in [7, 11) is 0. The topological polar surface area (TPSA) is 55.1 Å². The number of benzene rings is 1. The zero-order chi connectivity index (χ0) is 12.3. The van der Waals surface area contributed by atoms with Crippen LogP contribution in [0.5, 0.6) is 0 Å². The molecule has 0 spiro atoms. The van der Waals surface area contributed by atoms with E-state index in [2.05, 4.69) is 10.3 Å². The number of para-hydroxylation sites is 1. The van der Waals surface area contributed by atoms with Crippen molar-refractivity contribution in [3.63, 3.8) is 0 Å². The van der Waals surface area contributed by atoms with Crippen LogP contribution in [0.3, 0.4) is 0 Å². The molecule has 0 aliphatic rings. The number of amides is 1. The molecule has 2 rings (SSSR count). The van der Waals surface area contributed by atoms with E-state index in [9.17, 15) is 4.79 Å². The Hall–Kier alpha value is -1.75. The first-order valence-electron chi connectivity index (χ1n) is 5.07. The van der Waals surface area contributed by atoms with Crippen LogP contribution in [-0.2, 0) is 0 Å². The largest absolute Gasteiger partial charge is 0.448 e. The lowest BCUT2D eigenvalue weighted by Crippen LogP contribution is -2.12. The molecule has 1 aromatic heterocycles. The van der Waals surface area contributed by atoms with E-state index in [1.165, 1.54) is 6.26 Å². The normalized spacial score (nSPS) is 10.2. The smallest absolute Gasteiger partial charge is 0.277 e. The number of hydrogen-bond acceptors (Lipinski definition) is 4. The third kappa shape index (κ3) is 2.68. The quantitative estimate of drug-likeness (QED) is 0.848. The van der Waals surface area contributed by atoms with Crippen molar-refractivity contribution in [2.45, 2.75) is 11.8 Å². The summed E-state index contributed by atoms with van der Waals surface area (Å²) in [5.74, 6) is 0.219. The van der Waals surface area contributed by atoms with Gasteiger partial charge in [-0.05, 0) is 18.4 Å². The number of nitrogens with one attached hydrogen (secondary N) is 1. The fourth-order valence-corrected chi connectivity index (χ4v) is 1.96. The molecule has 1 heterocycles. The number of carbonyl (C=O) groups is 1. The van der Waals surface area contributed by atoms with Gasteiger partial charge in [-0.1, -0.05) is 12.1 Å². The predicted octanol–water partition coefficient (Wildman–Crippen LogP) is 2.96. The Bertz CT molecular complexity index is 537. The Morgan fingerprint density at radius 2 is 2.18 bits per heavy atom. The van der Waals surface area contributed by atoms with Crippen LogP contribution in [0.1, 0.15) is 16.4 Å². The van der Waals surface area contributed by atoms with Gasteiger partial charge in [0.25, 0.3) is 5.91 Å². The van der Waals surface area contributed by atoms with Gasteiger partial charge in [-0.3, -0.25) is 4.79 Å². The van der Waals surface area contributed by atoms with Crippen molar-refractivity contribution in [2.24, 2.45) is 0 Å². The summed E-state index contributed by atoms with van der Waals surface area (Å²) in [6.07, 6.45) is 3.32. The third-order valence-corrected chi connectivity index (χ3v) is 3.00. The summed E-state index contributed by atoms with van der Waals surface area (Å²) in [6, 6.07) is 7.62. The second kappa shape index (κ2) is 5.05. The summed E-state index contributed by atoms with van der Waals surface area (Å²) in [6.45, 7) is 1.70. The van der Waals surface area contributed by atoms with Crippen LogP contribution < -0.4 is 5.32 Å². The molecular formula is C12H12N2O2S. The summed E-state index contributed by atoms with van der Waals surface area (Å²) in [5, 5.41) is 2.81. The van der Waals surface area contributed by atoms with Crippen molar-refractivity contribution in [3.05, 3.63) is 42.1 Å². The fourth-order valence-electron chi connectivity index (χ4n) is 1.40. The van der Waals surface area contributed by atoms with E-state index in [1.807, 2.05) is 30.5 Å². The van der Waals surface area contributed by atoms with Gasteiger partial charge in [0.05, 0.1) is 5.69 Å². The minimum atomic E-state index is -0.261. The van der Waals surface area contributed by atoms with Gasteiger partial charge in [0.1, 0.15) is 6.26 Å². The SMILES string of the molecule is CSc1ccccc1NC(=O)c1coc(C)n1. The van der Waals surface area contributed by atoms with E-state index in [0.717, 1.165) is 10.6 Å². The number of carbonyl (C=O) groups excluding carboxylic acids is 1. The number of oxazole rings is 1. The molecule has 1 aromatic carbocycles. The van der Waals surface area contributed by atoms with Gasteiger partial charge in [0.2, 0.25) is 0 Å². The highest BCUT2D eigenvalue weighted by molar-refractivity contribution is 7.98. The van der Waals surface area contributed by atoms with Crippen molar-refractivity contribution in [1.29, 1.82) is 0 Å². The predicted molar refractivity (Wildman–Crippen MR) is 67.4 cm³/mol. The lowest BCUT2D eigenvalue weighted by atomic mass is 10.3. The van der Waals surface area contributed by atoms with E-state index < -0.39 is 0 Å². The minimum Gasteiger partial charge on any atom is -0.448 e.